The molecule has 0 aliphatic rings. The molecule has 0 spiro atoms. The molecular weight excluding hydrogens is 236 g/mol. The molecule has 0 radical (unpaired) electrons. The summed E-state index contributed by atoms with van der Waals surface area (Å²) < 4.78 is 0. The highest BCUT2D eigenvalue weighted by molar-refractivity contribution is 6.30. The topological polar surface area (TPSA) is 41.1 Å². The van der Waals surface area contributed by atoms with E-state index in [-0.39, 0.29) is 5.91 Å². The lowest BCUT2D eigenvalue weighted by Crippen LogP contribution is -2.20. The molecule has 0 heterocycles. The van der Waals surface area contributed by atoms with Gasteiger partial charge in [0.2, 0.25) is 5.91 Å². The number of hydrogen-bond acceptors (Lipinski definition) is 2. The molecule has 1 rings (SSSR count). The van der Waals surface area contributed by atoms with Gasteiger partial charge in [0.25, 0.3) is 0 Å². The van der Waals surface area contributed by atoms with Gasteiger partial charge in [0, 0.05) is 24.3 Å². The van der Waals surface area contributed by atoms with Crippen molar-refractivity contribution < 1.29 is 4.79 Å². The number of hydrogen-bond donors (Lipinski definition) is 2. The van der Waals surface area contributed by atoms with Gasteiger partial charge in [-0.3, -0.25) is 4.79 Å². The number of amides is 1. The van der Waals surface area contributed by atoms with Crippen molar-refractivity contribution in [3.8, 4) is 0 Å². The van der Waals surface area contributed by atoms with Gasteiger partial charge in [0.05, 0.1) is 6.42 Å². The number of rotatable bonds is 5. The monoisotopic (exact) mass is 252 g/mol. The molecule has 1 amide bonds. The van der Waals surface area contributed by atoms with Crippen molar-refractivity contribution in [2.75, 3.05) is 18.9 Å². The van der Waals surface area contributed by atoms with E-state index >= 15 is 0 Å². The van der Waals surface area contributed by atoms with Gasteiger partial charge >= 0.3 is 0 Å². The molecule has 0 fully saturated rings. The number of nitrogens with one attached hydrogen (secondary N) is 2. The fourth-order valence-electron chi connectivity index (χ4n) is 1.39. The van der Waals surface area contributed by atoms with Crippen LogP contribution >= 0.6 is 11.6 Å². The molecule has 0 unspecified atom stereocenters. The SMILES string of the molecule is C=C(C)CNc1ccc(Cl)cc1CC(=O)NC. The minimum Gasteiger partial charge on any atom is -0.381 e. The third kappa shape index (κ3) is 4.49. The molecular formula is C13H17ClN2O. The Morgan fingerprint density at radius 1 is 1.47 bits per heavy atom. The number of likely N-dealkylation sites (N-methyl/N-ethyl adjacent to an activating group) is 1. The number of anilines is 1. The van der Waals surface area contributed by atoms with E-state index in [2.05, 4.69) is 17.2 Å². The van der Waals surface area contributed by atoms with E-state index in [9.17, 15) is 4.79 Å². The van der Waals surface area contributed by atoms with Crippen LogP contribution in [0.25, 0.3) is 0 Å². The van der Waals surface area contributed by atoms with Crippen LogP contribution in [0.15, 0.2) is 30.4 Å². The molecule has 0 saturated heterocycles. The Hall–Kier alpha value is -1.48. The Labute approximate surface area is 107 Å². The van der Waals surface area contributed by atoms with Crippen LogP contribution in [-0.2, 0) is 11.2 Å². The molecule has 1 aromatic carbocycles. The van der Waals surface area contributed by atoms with E-state index in [0.717, 1.165) is 16.8 Å². The standard InChI is InChI=1S/C13H17ClN2O/c1-9(2)8-16-12-5-4-11(14)6-10(12)7-13(17)15-3/h4-6,16H,1,7-8H2,2-3H3,(H,15,17). The summed E-state index contributed by atoms with van der Waals surface area (Å²) in [7, 11) is 1.62. The molecule has 0 aromatic heterocycles. The number of halogens is 1. The van der Waals surface area contributed by atoms with Gasteiger partial charge < -0.3 is 10.6 Å². The maximum Gasteiger partial charge on any atom is 0.224 e. The zero-order valence-electron chi connectivity index (χ0n) is 10.1. The Kier molecular flexibility index (Phi) is 5.04. The van der Waals surface area contributed by atoms with Gasteiger partial charge in [-0.2, -0.15) is 0 Å². The molecule has 92 valence electrons. The van der Waals surface area contributed by atoms with Crippen LogP contribution in [0.5, 0.6) is 0 Å². The number of carbonyl (C=O) groups is 1. The van der Waals surface area contributed by atoms with Crippen molar-refractivity contribution in [3.05, 3.63) is 40.9 Å². The van der Waals surface area contributed by atoms with Crippen molar-refractivity contribution >= 4 is 23.2 Å². The summed E-state index contributed by atoms with van der Waals surface area (Å²) in [6, 6.07) is 5.48. The van der Waals surface area contributed by atoms with Crippen LogP contribution in [0.4, 0.5) is 5.69 Å². The Balaban J connectivity index is 2.87. The molecule has 17 heavy (non-hydrogen) atoms. The Morgan fingerprint density at radius 3 is 2.76 bits per heavy atom. The van der Waals surface area contributed by atoms with Gasteiger partial charge in [0.15, 0.2) is 0 Å². The highest BCUT2D eigenvalue weighted by atomic mass is 35.5. The molecule has 0 saturated carbocycles. The summed E-state index contributed by atoms with van der Waals surface area (Å²) in [6.07, 6.45) is 0.315. The lowest BCUT2D eigenvalue weighted by Gasteiger charge is -2.12. The van der Waals surface area contributed by atoms with E-state index in [1.165, 1.54) is 0 Å². The predicted molar refractivity (Wildman–Crippen MR) is 72.5 cm³/mol. The van der Waals surface area contributed by atoms with Gasteiger partial charge in [-0.05, 0) is 30.7 Å². The lowest BCUT2D eigenvalue weighted by molar-refractivity contribution is -0.119. The fourth-order valence-corrected chi connectivity index (χ4v) is 1.58. The zero-order valence-corrected chi connectivity index (χ0v) is 10.9. The predicted octanol–water partition coefficient (Wildman–Crippen LogP) is 2.62. The van der Waals surface area contributed by atoms with Crippen LogP contribution in [-0.4, -0.2) is 19.5 Å². The van der Waals surface area contributed by atoms with Gasteiger partial charge in [-0.15, -0.1) is 0 Å². The van der Waals surface area contributed by atoms with Crippen LogP contribution < -0.4 is 10.6 Å². The van der Waals surface area contributed by atoms with Crippen LogP contribution in [0.3, 0.4) is 0 Å². The fraction of sp³-hybridized carbons (Fsp3) is 0.308. The Morgan fingerprint density at radius 2 is 2.18 bits per heavy atom. The maximum absolute atomic E-state index is 11.4. The highest BCUT2D eigenvalue weighted by Crippen LogP contribution is 2.21. The molecule has 0 atom stereocenters. The average molecular weight is 253 g/mol. The van der Waals surface area contributed by atoms with E-state index in [4.69, 9.17) is 11.6 Å². The molecule has 4 heteroatoms. The van der Waals surface area contributed by atoms with Crippen molar-refractivity contribution in [2.24, 2.45) is 0 Å². The van der Waals surface area contributed by atoms with Gasteiger partial charge in [-0.25, -0.2) is 0 Å². The third-order valence-corrected chi connectivity index (χ3v) is 2.51. The summed E-state index contributed by atoms with van der Waals surface area (Å²) in [4.78, 5) is 11.4. The van der Waals surface area contributed by atoms with E-state index in [1.54, 1.807) is 19.2 Å². The first-order valence-electron chi connectivity index (χ1n) is 5.40. The molecule has 1 aromatic rings. The minimum absolute atomic E-state index is 0.0364. The first-order valence-corrected chi connectivity index (χ1v) is 5.78. The van der Waals surface area contributed by atoms with Crippen LogP contribution in [0.1, 0.15) is 12.5 Å². The highest BCUT2D eigenvalue weighted by Gasteiger charge is 2.07. The minimum atomic E-state index is -0.0364. The second kappa shape index (κ2) is 6.30. The summed E-state index contributed by atoms with van der Waals surface area (Å²) in [6.45, 7) is 6.46. The van der Waals surface area contributed by atoms with E-state index < -0.39 is 0 Å². The summed E-state index contributed by atoms with van der Waals surface area (Å²) in [5.41, 5.74) is 2.84. The van der Waals surface area contributed by atoms with Crippen LogP contribution in [0, 0.1) is 0 Å². The molecule has 0 aliphatic carbocycles. The third-order valence-electron chi connectivity index (χ3n) is 2.28. The lowest BCUT2D eigenvalue weighted by atomic mass is 10.1. The maximum atomic E-state index is 11.4. The molecule has 0 bridgehead atoms. The van der Waals surface area contributed by atoms with Crippen molar-refractivity contribution in [1.82, 2.24) is 5.32 Å². The Bertz CT molecular complexity index is 429. The summed E-state index contributed by atoms with van der Waals surface area (Å²) in [5, 5.41) is 6.46. The largest absolute Gasteiger partial charge is 0.381 e. The van der Waals surface area contributed by atoms with Crippen LogP contribution in [0.2, 0.25) is 5.02 Å². The van der Waals surface area contributed by atoms with Gasteiger partial charge in [-0.1, -0.05) is 23.8 Å². The second-order valence-corrected chi connectivity index (χ2v) is 4.40. The number of carbonyl (C=O) groups excluding carboxylic acids is 1. The second-order valence-electron chi connectivity index (χ2n) is 3.96. The van der Waals surface area contributed by atoms with E-state index in [1.807, 2.05) is 13.0 Å². The smallest absolute Gasteiger partial charge is 0.224 e. The summed E-state index contributed by atoms with van der Waals surface area (Å²) in [5.74, 6) is -0.0364. The number of benzene rings is 1. The molecule has 2 N–H and O–H groups in total. The van der Waals surface area contributed by atoms with Crippen molar-refractivity contribution in [2.45, 2.75) is 13.3 Å². The van der Waals surface area contributed by atoms with E-state index in [0.29, 0.717) is 18.0 Å². The molecule has 0 aliphatic heterocycles. The molecule has 3 nitrogen and oxygen atoms in total. The summed E-state index contributed by atoms with van der Waals surface area (Å²) >= 11 is 5.93. The zero-order chi connectivity index (χ0) is 12.8. The van der Waals surface area contributed by atoms with Gasteiger partial charge in [0.1, 0.15) is 0 Å². The van der Waals surface area contributed by atoms with Crippen molar-refractivity contribution in [1.29, 1.82) is 0 Å². The average Bonchev–Trinajstić information content (AvgIpc) is 2.27. The normalized spacial score (nSPS) is 9.82. The first-order chi connectivity index (χ1) is 8.02. The van der Waals surface area contributed by atoms with Crippen molar-refractivity contribution in [3.63, 3.8) is 0 Å². The first kappa shape index (κ1) is 13.6. The quantitative estimate of drug-likeness (QED) is 0.791.